The summed E-state index contributed by atoms with van der Waals surface area (Å²) in [4.78, 5) is 1.21. The molecule has 0 saturated carbocycles. The van der Waals surface area contributed by atoms with E-state index in [1.165, 1.54) is 23.3 Å². The van der Waals surface area contributed by atoms with Crippen molar-refractivity contribution in [1.29, 1.82) is 0 Å². The fourth-order valence-electron chi connectivity index (χ4n) is 2.32. The molecule has 1 N–H and O–H groups in total. The molecule has 1 fully saturated rings. The van der Waals surface area contributed by atoms with Gasteiger partial charge in [-0.25, -0.2) is 4.39 Å². The van der Waals surface area contributed by atoms with Crippen LogP contribution in [0.15, 0.2) is 23.1 Å². The fourth-order valence-corrected chi connectivity index (χ4v) is 2.92. The third kappa shape index (κ3) is 2.98. The molecule has 1 heterocycles. The van der Waals surface area contributed by atoms with E-state index in [9.17, 15) is 4.39 Å². The molecule has 1 saturated heterocycles. The number of rotatable bonds is 3. The van der Waals surface area contributed by atoms with Crippen LogP contribution in [0.5, 0.6) is 0 Å². The van der Waals surface area contributed by atoms with E-state index in [1.807, 2.05) is 6.07 Å². The van der Waals surface area contributed by atoms with Crippen molar-refractivity contribution in [3.8, 4) is 0 Å². The zero-order chi connectivity index (χ0) is 11.4. The Morgan fingerprint density at radius 3 is 3.06 bits per heavy atom. The predicted octanol–water partition coefficient (Wildman–Crippen LogP) is 3.09. The summed E-state index contributed by atoms with van der Waals surface area (Å²) in [6.07, 6.45) is 5.56. The Morgan fingerprint density at radius 1 is 1.50 bits per heavy atom. The van der Waals surface area contributed by atoms with Gasteiger partial charge in [-0.15, -0.1) is 11.8 Å². The third-order valence-corrected chi connectivity index (χ3v) is 3.99. The molecule has 2 rings (SSSR count). The summed E-state index contributed by atoms with van der Waals surface area (Å²) in [5.41, 5.74) is 1.17. The second kappa shape index (κ2) is 5.69. The minimum atomic E-state index is -0.114. The quantitative estimate of drug-likeness (QED) is 0.814. The van der Waals surface area contributed by atoms with Crippen molar-refractivity contribution in [1.82, 2.24) is 5.32 Å². The van der Waals surface area contributed by atoms with Crippen molar-refractivity contribution in [2.24, 2.45) is 5.92 Å². The van der Waals surface area contributed by atoms with Crippen LogP contribution in [-0.2, 0) is 6.42 Å². The summed E-state index contributed by atoms with van der Waals surface area (Å²) in [5.74, 6) is 0.554. The Morgan fingerprint density at radius 2 is 2.38 bits per heavy atom. The summed E-state index contributed by atoms with van der Waals surface area (Å²) < 4.78 is 13.2. The summed E-state index contributed by atoms with van der Waals surface area (Å²) in [6, 6.07) is 5.14. The number of benzene rings is 1. The number of piperidine rings is 1. The highest BCUT2D eigenvalue weighted by molar-refractivity contribution is 7.98. The van der Waals surface area contributed by atoms with Gasteiger partial charge in [0, 0.05) is 4.90 Å². The van der Waals surface area contributed by atoms with E-state index in [0.29, 0.717) is 5.92 Å². The lowest BCUT2D eigenvalue weighted by molar-refractivity contribution is 0.374. The Bertz CT molecular complexity index is 348. The van der Waals surface area contributed by atoms with Gasteiger partial charge in [0.15, 0.2) is 0 Å². The first-order chi connectivity index (χ1) is 7.79. The van der Waals surface area contributed by atoms with Gasteiger partial charge in [0.05, 0.1) is 0 Å². The zero-order valence-electron chi connectivity index (χ0n) is 9.63. The van der Waals surface area contributed by atoms with Gasteiger partial charge in [-0.3, -0.25) is 0 Å². The average molecular weight is 239 g/mol. The topological polar surface area (TPSA) is 12.0 Å². The highest BCUT2D eigenvalue weighted by Crippen LogP contribution is 2.25. The van der Waals surface area contributed by atoms with E-state index in [4.69, 9.17) is 0 Å². The SMILES string of the molecule is CSc1ccc(F)cc1CC1CCCNC1. The molecule has 0 radical (unpaired) electrons. The Balaban J connectivity index is 2.09. The molecule has 1 aromatic rings. The molecule has 1 nitrogen and oxygen atoms in total. The fraction of sp³-hybridized carbons (Fsp3) is 0.538. The first kappa shape index (κ1) is 11.9. The van der Waals surface area contributed by atoms with Crippen LogP contribution in [-0.4, -0.2) is 19.3 Å². The molecule has 1 aliphatic rings. The summed E-state index contributed by atoms with van der Waals surface area (Å²) >= 11 is 1.71. The second-order valence-corrected chi connectivity index (χ2v) is 5.22. The molecule has 1 aromatic carbocycles. The number of hydrogen-bond acceptors (Lipinski definition) is 2. The molecule has 0 amide bonds. The van der Waals surface area contributed by atoms with Gasteiger partial charge in [-0.05, 0) is 68.3 Å². The second-order valence-electron chi connectivity index (χ2n) is 4.37. The smallest absolute Gasteiger partial charge is 0.123 e. The maximum Gasteiger partial charge on any atom is 0.123 e. The first-order valence-electron chi connectivity index (χ1n) is 5.82. The number of halogens is 1. The summed E-state index contributed by atoms with van der Waals surface area (Å²) in [5, 5.41) is 3.41. The van der Waals surface area contributed by atoms with Crippen LogP contribution in [0.1, 0.15) is 18.4 Å². The van der Waals surface area contributed by atoms with Gasteiger partial charge in [-0.2, -0.15) is 0 Å². The van der Waals surface area contributed by atoms with Gasteiger partial charge in [-0.1, -0.05) is 0 Å². The normalized spacial score (nSPS) is 21.0. The number of hydrogen-bond donors (Lipinski definition) is 1. The van der Waals surface area contributed by atoms with Gasteiger partial charge in [0.1, 0.15) is 5.82 Å². The van der Waals surface area contributed by atoms with Crippen LogP contribution >= 0.6 is 11.8 Å². The van der Waals surface area contributed by atoms with E-state index in [1.54, 1.807) is 23.9 Å². The van der Waals surface area contributed by atoms with Crippen LogP contribution < -0.4 is 5.32 Å². The molecule has 1 aliphatic heterocycles. The maximum atomic E-state index is 13.2. The van der Waals surface area contributed by atoms with Crippen molar-refractivity contribution >= 4 is 11.8 Å². The van der Waals surface area contributed by atoms with Crippen molar-refractivity contribution in [2.75, 3.05) is 19.3 Å². The average Bonchev–Trinajstić information content (AvgIpc) is 2.31. The highest BCUT2D eigenvalue weighted by atomic mass is 32.2. The standard InChI is InChI=1S/C13H18FNS/c1-16-13-5-4-12(14)8-11(13)7-10-3-2-6-15-9-10/h4-5,8,10,15H,2-3,6-7,9H2,1H3. The van der Waals surface area contributed by atoms with E-state index < -0.39 is 0 Å². The predicted molar refractivity (Wildman–Crippen MR) is 67.5 cm³/mol. The van der Waals surface area contributed by atoms with Crippen molar-refractivity contribution < 1.29 is 4.39 Å². The monoisotopic (exact) mass is 239 g/mol. The third-order valence-electron chi connectivity index (χ3n) is 3.15. The van der Waals surface area contributed by atoms with Gasteiger partial charge >= 0.3 is 0 Å². The molecule has 0 aliphatic carbocycles. The zero-order valence-corrected chi connectivity index (χ0v) is 10.4. The van der Waals surface area contributed by atoms with Gasteiger partial charge < -0.3 is 5.32 Å². The highest BCUT2D eigenvalue weighted by Gasteiger charge is 2.15. The maximum absolute atomic E-state index is 13.2. The van der Waals surface area contributed by atoms with E-state index >= 15 is 0 Å². The van der Waals surface area contributed by atoms with Crippen LogP contribution in [0.4, 0.5) is 4.39 Å². The van der Waals surface area contributed by atoms with Crippen LogP contribution in [0.2, 0.25) is 0 Å². The Kier molecular flexibility index (Phi) is 4.24. The molecule has 0 spiro atoms. The van der Waals surface area contributed by atoms with E-state index in [-0.39, 0.29) is 5.82 Å². The largest absolute Gasteiger partial charge is 0.316 e. The van der Waals surface area contributed by atoms with E-state index in [0.717, 1.165) is 19.5 Å². The lowest BCUT2D eigenvalue weighted by atomic mass is 9.92. The molecule has 0 bridgehead atoms. The molecule has 1 atom stereocenters. The number of thioether (sulfide) groups is 1. The Labute approximate surface area is 101 Å². The van der Waals surface area contributed by atoms with Gasteiger partial charge in [0.25, 0.3) is 0 Å². The lowest BCUT2D eigenvalue weighted by Crippen LogP contribution is -2.30. The molecular weight excluding hydrogens is 221 g/mol. The molecule has 88 valence electrons. The van der Waals surface area contributed by atoms with Crippen LogP contribution in [0.3, 0.4) is 0 Å². The lowest BCUT2D eigenvalue weighted by Gasteiger charge is -2.23. The minimum Gasteiger partial charge on any atom is -0.316 e. The van der Waals surface area contributed by atoms with Crippen LogP contribution in [0.25, 0.3) is 0 Å². The van der Waals surface area contributed by atoms with Gasteiger partial charge in [0.2, 0.25) is 0 Å². The summed E-state index contributed by atoms with van der Waals surface area (Å²) in [7, 11) is 0. The molecule has 3 heteroatoms. The number of nitrogens with one attached hydrogen (secondary N) is 1. The van der Waals surface area contributed by atoms with Crippen LogP contribution in [0, 0.1) is 11.7 Å². The summed E-state index contributed by atoms with van der Waals surface area (Å²) in [6.45, 7) is 2.21. The van der Waals surface area contributed by atoms with E-state index in [2.05, 4.69) is 11.6 Å². The minimum absolute atomic E-state index is 0.114. The molecule has 1 unspecified atom stereocenters. The van der Waals surface area contributed by atoms with Crippen molar-refractivity contribution in [2.45, 2.75) is 24.2 Å². The van der Waals surface area contributed by atoms with Crippen molar-refractivity contribution in [3.63, 3.8) is 0 Å². The Hall–Kier alpha value is -0.540. The molecule has 0 aromatic heterocycles. The molecule has 16 heavy (non-hydrogen) atoms. The first-order valence-corrected chi connectivity index (χ1v) is 7.05. The van der Waals surface area contributed by atoms with Crippen molar-refractivity contribution in [3.05, 3.63) is 29.6 Å². The molecular formula is C13H18FNS.